The Hall–Kier alpha value is -2.12. The number of carbonyl (C=O) groups excluding carboxylic acids is 2. The number of sulfone groups is 1. The van der Waals surface area contributed by atoms with Crippen molar-refractivity contribution in [2.24, 2.45) is 0 Å². The number of esters is 1. The summed E-state index contributed by atoms with van der Waals surface area (Å²) in [5.41, 5.74) is 2.18. The van der Waals surface area contributed by atoms with Crippen LogP contribution in [0.3, 0.4) is 0 Å². The van der Waals surface area contributed by atoms with Crippen LogP contribution in [0.2, 0.25) is 5.02 Å². The second-order valence-corrected chi connectivity index (χ2v) is 11.7. The molecule has 1 aromatic carbocycles. The first-order chi connectivity index (χ1) is 15.1. The second-order valence-electron chi connectivity index (χ2n) is 9.01. The molecule has 1 saturated carbocycles. The highest BCUT2D eigenvalue weighted by Gasteiger charge is 2.44. The van der Waals surface area contributed by atoms with E-state index in [1.54, 1.807) is 18.2 Å². The normalized spacial score (nSPS) is 21.5. The number of aryl methyl sites for hydroxylation is 1. The number of rotatable bonds is 6. The van der Waals surface area contributed by atoms with Gasteiger partial charge in [0.25, 0.3) is 0 Å². The molecule has 0 spiro atoms. The van der Waals surface area contributed by atoms with Crippen molar-refractivity contribution in [3.05, 3.63) is 57.9 Å². The zero-order valence-corrected chi connectivity index (χ0v) is 20.0. The molecule has 1 unspecified atom stereocenters. The molecule has 2 aromatic rings. The molecule has 0 N–H and O–H groups in total. The minimum Gasteiger partial charge on any atom is -0.457 e. The van der Waals surface area contributed by atoms with Crippen LogP contribution in [0.25, 0.3) is 0 Å². The summed E-state index contributed by atoms with van der Waals surface area (Å²) in [6, 6.07) is 8.87. The minimum absolute atomic E-state index is 0.0928. The summed E-state index contributed by atoms with van der Waals surface area (Å²) in [6.07, 6.45) is 3.78. The topological polar surface area (TPSA) is 82.4 Å². The van der Waals surface area contributed by atoms with Gasteiger partial charge in [-0.25, -0.2) is 8.42 Å². The Kier molecular flexibility index (Phi) is 6.25. The first-order valence-electron chi connectivity index (χ1n) is 11.0. The van der Waals surface area contributed by atoms with E-state index in [4.69, 9.17) is 16.3 Å². The lowest BCUT2D eigenvalue weighted by molar-refractivity contribution is -0.149. The number of aromatic nitrogens is 1. The first-order valence-corrected chi connectivity index (χ1v) is 13.2. The van der Waals surface area contributed by atoms with Crippen molar-refractivity contribution in [1.29, 1.82) is 0 Å². The summed E-state index contributed by atoms with van der Waals surface area (Å²) in [5.74, 6) is -0.387. The maximum Gasteiger partial charge on any atom is 0.317 e. The molecule has 32 heavy (non-hydrogen) atoms. The SMILES string of the molecule is Cc1cc(C(=O)COC(=O)C2(c3ccc(Cl)cc3)CCCC2)c(C)n1C1CCS(=O)(=O)C1. The van der Waals surface area contributed by atoms with Gasteiger partial charge in [-0.15, -0.1) is 0 Å². The van der Waals surface area contributed by atoms with Crippen LogP contribution in [0.15, 0.2) is 30.3 Å². The number of hydrogen-bond donors (Lipinski definition) is 0. The van der Waals surface area contributed by atoms with Crippen LogP contribution >= 0.6 is 11.6 Å². The summed E-state index contributed by atoms with van der Waals surface area (Å²) in [4.78, 5) is 26.1. The summed E-state index contributed by atoms with van der Waals surface area (Å²) in [7, 11) is -3.04. The van der Waals surface area contributed by atoms with Crippen molar-refractivity contribution in [2.75, 3.05) is 18.1 Å². The number of hydrogen-bond acceptors (Lipinski definition) is 5. The fourth-order valence-corrected chi connectivity index (χ4v) is 7.13. The van der Waals surface area contributed by atoms with Gasteiger partial charge in [-0.1, -0.05) is 36.6 Å². The molecule has 8 heteroatoms. The summed E-state index contributed by atoms with van der Waals surface area (Å²) >= 11 is 6.01. The van der Waals surface area contributed by atoms with Crippen molar-refractivity contribution in [3.63, 3.8) is 0 Å². The maximum atomic E-state index is 13.1. The third kappa shape index (κ3) is 4.25. The molecule has 1 aliphatic heterocycles. The van der Waals surface area contributed by atoms with Crippen molar-refractivity contribution in [2.45, 2.75) is 57.4 Å². The molecule has 2 heterocycles. The van der Waals surface area contributed by atoms with E-state index in [1.807, 2.05) is 30.5 Å². The van der Waals surface area contributed by atoms with Gasteiger partial charge in [0.1, 0.15) is 0 Å². The number of carbonyl (C=O) groups is 2. The quantitative estimate of drug-likeness (QED) is 0.456. The zero-order valence-electron chi connectivity index (χ0n) is 18.4. The Balaban J connectivity index is 1.49. The van der Waals surface area contributed by atoms with E-state index in [2.05, 4.69) is 0 Å². The fraction of sp³-hybridized carbons (Fsp3) is 0.500. The smallest absolute Gasteiger partial charge is 0.317 e. The van der Waals surface area contributed by atoms with E-state index in [0.29, 0.717) is 29.8 Å². The summed E-state index contributed by atoms with van der Waals surface area (Å²) in [5, 5.41) is 0.607. The lowest BCUT2D eigenvalue weighted by atomic mass is 9.79. The standard InChI is InChI=1S/C24H28ClNO5S/c1-16-13-21(17(2)26(16)20-9-12-32(29,30)15-20)22(27)14-31-23(28)24(10-3-4-11-24)18-5-7-19(25)8-6-18/h5-8,13,20H,3-4,9-12,14-15H2,1-2H3. The molecule has 0 radical (unpaired) electrons. The van der Waals surface area contributed by atoms with E-state index in [9.17, 15) is 18.0 Å². The van der Waals surface area contributed by atoms with Crippen LogP contribution < -0.4 is 0 Å². The van der Waals surface area contributed by atoms with Crippen molar-refractivity contribution in [1.82, 2.24) is 4.57 Å². The molecule has 1 aromatic heterocycles. The number of benzene rings is 1. The van der Waals surface area contributed by atoms with Gasteiger partial charge in [0, 0.05) is 28.0 Å². The summed E-state index contributed by atoms with van der Waals surface area (Å²) in [6.45, 7) is 3.36. The predicted octanol–water partition coefficient (Wildman–Crippen LogP) is 4.36. The monoisotopic (exact) mass is 477 g/mol. The Labute approximate surface area is 193 Å². The molecule has 0 bridgehead atoms. The highest BCUT2D eigenvalue weighted by Crippen LogP contribution is 2.42. The third-order valence-electron chi connectivity index (χ3n) is 6.94. The average molecular weight is 478 g/mol. The Morgan fingerprint density at radius 3 is 2.41 bits per heavy atom. The molecule has 2 fully saturated rings. The molecular formula is C24H28ClNO5S. The zero-order chi connectivity index (χ0) is 23.1. The van der Waals surface area contributed by atoms with Crippen LogP contribution in [0.5, 0.6) is 0 Å². The van der Waals surface area contributed by atoms with Gasteiger partial charge < -0.3 is 9.30 Å². The maximum absolute atomic E-state index is 13.1. The molecule has 1 saturated heterocycles. The lowest BCUT2D eigenvalue weighted by Gasteiger charge is -2.27. The van der Waals surface area contributed by atoms with Gasteiger partial charge >= 0.3 is 5.97 Å². The van der Waals surface area contributed by atoms with Gasteiger partial charge in [-0.2, -0.15) is 0 Å². The lowest BCUT2D eigenvalue weighted by Crippen LogP contribution is -2.35. The van der Waals surface area contributed by atoms with Crippen LogP contribution in [0.4, 0.5) is 0 Å². The van der Waals surface area contributed by atoms with Gasteiger partial charge in [-0.05, 0) is 56.9 Å². The molecule has 2 aliphatic rings. The Morgan fingerprint density at radius 1 is 1.16 bits per heavy atom. The number of Topliss-reactive ketones (excluding diaryl/α,β-unsaturated/α-hetero) is 1. The van der Waals surface area contributed by atoms with E-state index < -0.39 is 15.3 Å². The Bertz CT molecular complexity index is 1140. The number of nitrogens with zero attached hydrogens (tertiary/aromatic N) is 1. The van der Waals surface area contributed by atoms with Gasteiger partial charge in [0.2, 0.25) is 5.78 Å². The average Bonchev–Trinajstić information content (AvgIpc) is 3.44. The second kappa shape index (κ2) is 8.67. The molecule has 1 aliphatic carbocycles. The van der Waals surface area contributed by atoms with Gasteiger partial charge in [0.15, 0.2) is 16.4 Å². The molecule has 172 valence electrons. The number of ketones is 1. The highest BCUT2D eigenvalue weighted by atomic mass is 35.5. The van der Waals surface area contributed by atoms with Gasteiger partial charge in [-0.3, -0.25) is 9.59 Å². The van der Waals surface area contributed by atoms with E-state index in [0.717, 1.165) is 29.8 Å². The fourth-order valence-electron chi connectivity index (χ4n) is 5.31. The highest BCUT2D eigenvalue weighted by molar-refractivity contribution is 7.91. The van der Waals surface area contributed by atoms with E-state index in [1.165, 1.54) is 0 Å². The molecule has 4 rings (SSSR count). The molecule has 1 atom stereocenters. The van der Waals surface area contributed by atoms with Crippen molar-refractivity contribution < 1.29 is 22.7 Å². The van der Waals surface area contributed by atoms with Crippen LogP contribution in [-0.2, 0) is 24.8 Å². The van der Waals surface area contributed by atoms with E-state index >= 15 is 0 Å². The molecule has 0 amide bonds. The van der Waals surface area contributed by atoms with Gasteiger partial charge in [0.05, 0.1) is 16.9 Å². The molecular weight excluding hydrogens is 450 g/mol. The van der Waals surface area contributed by atoms with Crippen LogP contribution in [-0.4, -0.2) is 42.9 Å². The van der Waals surface area contributed by atoms with E-state index in [-0.39, 0.29) is 35.9 Å². The Morgan fingerprint density at radius 2 is 1.81 bits per heavy atom. The van der Waals surface area contributed by atoms with Crippen LogP contribution in [0, 0.1) is 13.8 Å². The number of halogens is 1. The summed E-state index contributed by atoms with van der Waals surface area (Å²) < 4.78 is 31.3. The predicted molar refractivity (Wildman–Crippen MR) is 123 cm³/mol. The van der Waals surface area contributed by atoms with Crippen molar-refractivity contribution >= 4 is 33.2 Å². The third-order valence-corrected chi connectivity index (χ3v) is 8.94. The number of ether oxygens (including phenoxy) is 1. The minimum atomic E-state index is -3.04. The molecule has 6 nitrogen and oxygen atoms in total. The largest absolute Gasteiger partial charge is 0.457 e. The first kappa shape index (κ1) is 23.1. The van der Waals surface area contributed by atoms with Crippen molar-refractivity contribution in [3.8, 4) is 0 Å². The van der Waals surface area contributed by atoms with Crippen LogP contribution in [0.1, 0.15) is 65.5 Å².